The molecule has 2 atom stereocenters. The van der Waals surface area contributed by atoms with Crippen molar-refractivity contribution in [1.82, 2.24) is 19.6 Å². The van der Waals surface area contributed by atoms with Crippen LogP contribution in [0, 0.1) is 24.5 Å². The molecule has 1 fully saturated rings. The summed E-state index contributed by atoms with van der Waals surface area (Å²) in [6, 6.07) is 4.99. The first-order chi connectivity index (χ1) is 17.7. The molecule has 3 heterocycles. The Balaban J connectivity index is 1.59. The number of ether oxygens (including phenoxy) is 2. The van der Waals surface area contributed by atoms with Crippen molar-refractivity contribution < 1.29 is 28.2 Å². The molecule has 1 aliphatic rings. The summed E-state index contributed by atoms with van der Waals surface area (Å²) in [7, 11) is 0. The molecule has 2 aromatic heterocycles. The van der Waals surface area contributed by atoms with E-state index < -0.39 is 41.0 Å². The highest BCUT2D eigenvalue weighted by Crippen LogP contribution is 2.28. The number of aliphatic hydroxyl groups excluding tert-OH is 1. The highest BCUT2D eigenvalue weighted by atomic mass is 19.1. The van der Waals surface area contributed by atoms with Gasteiger partial charge in [-0.25, -0.2) is 13.5 Å². The van der Waals surface area contributed by atoms with E-state index >= 15 is 0 Å². The monoisotopic (exact) mass is 517 g/mol. The second-order valence-electron chi connectivity index (χ2n) is 9.13. The predicted octanol–water partition coefficient (Wildman–Crippen LogP) is 3.20. The van der Waals surface area contributed by atoms with E-state index in [1.807, 2.05) is 0 Å². The van der Waals surface area contributed by atoms with Crippen LogP contribution < -0.4 is 15.6 Å². The van der Waals surface area contributed by atoms with Gasteiger partial charge in [-0.3, -0.25) is 14.3 Å². The van der Waals surface area contributed by atoms with Gasteiger partial charge < -0.3 is 19.9 Å². The maximum absolute atomic E-state index is 14.0. The Morgan fingerprint density at radius 3 is 2.62 bits per heavy atom. The van der Waals surface area contributed by atoms with Crippen LogP contribution in [0.3, 0.4) is 0 Å². The number of para-hydroxylation sites is 1. The number of anilines is 1. The van der Waals surface area contributed by atoms with Gasteiger partial charge in [0.2, 0.25) is 0 Å². The molecule has 0 bridgehead atoms. The molecule has 1 amide bonds. The van der Waals surface area contributed by atoms with E-state index in [4.69, 9.17) is 9.47 Å². The van der Waals surface area contributed by atoms with Crippen LogP contribution in [0.4, 0.5) is 14.6 Å². The van der Waals surface area contributed by atoms with E-state index in [0.29, 0.717) is 19.6 Å². The summed E-state index contributed by atoms with van der Waals surface area (Å²) in [5.74, 6) is -2.75. The van der Waals surface area contributed by atoms with Crippen LogP contribution in [0.15, 0.2) is 41.3 Å². The maximum atomic E-state index is 14.0. The molecule has 198 valence electrons. The van der Waals surface area contributed by atoms with Crippen molar-refractivity contribution in [2.75, 3.05) is 18.5 Å². The average Bonchev–Trinajstić information content (AvgIpc) is 3.18. The number of carbonyl (C=O) groups is 1. The predicted molar refractivity (Wildman–Crippen MR) is 129 cm³/mol. The number of carbonyl (C=O) groups excluding carboxylic acids is 1. The van der Waals surface area contributed by atoms with Crippen LogP contribution in [-0.2, 0) is 16.1 Å². The zero-order valence-corrected chi connectivity index (χ0v) is 20.6. The highest BCUT2D eigenvalue weighted by Gasteiger charge is 2.29. The van der Waals surface area contributed by atoms with Gasteiger partial charge in [0, 0.05) is 31.0 Å². The molecule has 0 saturated carbocycles. The number of nitrogens with one attached hydrogen (secondary N) is 1. The van der Waals surface area contributed by atoms with Gasteiger partial charge in [0.15, 0.2) is 29.0 Å². The molecule has 2 N–H and O–H groups in total. The van der Waals surface area contributed by atoms with Crippen molar-refractivity contribution in [2.24, 2.45) is 5.92 Å². The number of nitrogens with zero attached hydrogens (tertiary/aromatic N) is 4. The van der Waals surface area contributed by atoms with Gasteiger partial charge in [0.25, 0.3) is 11.5 Å². The van der Waals surface area contributed by atoms with E-state index in [0.717, 1.165) is 47.6 Å². The lowest BCUT2D eigenvalue weighted by molar-refractivity contribution is -0.120. The van der Waals surface area contributed by atoms with Gasteiger partial charge in [0.05, 0.1) is 18.8 Å². The fourth-order valence-electron chi connectivity index (χ4n) is 4.22. The summed E-state index contributed by atoms with van der Waals surface area (Å²) >= 11 is 0. The number of amides is 1. The lowest BCUT2D eigenvalue weighted by Gasteiger charge is -2.26. The number of hydrogen-bond donors (Lipinski definition) is 2. The zero-order valence-electron chi connectivity index (χ0n) is 20.6. The third-order valence-corrected chi connectivity index (χ3v) is 6.10. The summed E-state index contributed by atoms with van der Waals surface area (Å²) in [5.41, 5.74) is 0.0756. The second kappa shape index (κ2) is 11.6. The molecule has 0 radical (unpaired) electrons. The number of halogens is 2. The highest BCUT2D eigenvalue weighted by molar-refractivity contribution is 5.92. The van der Waals surface area contributed by atoms with Crippen LogP contribution in [0.2, 0.25) is 0 Å². The van der Waals surface area contributed by atoms with E-state index in [2.05, 4.69) is 15.5 Å². The lowest BCUT2D eigenvalue weighted by Crippen LogP contribution is -2.36. The number of aryl methyl sites for hydroxylation is 1. The normalized spacial score (nSPS) is 15.8. The number of aliphatic hydroxyl groups is 1. The standard InChI is InChI=1S/C25H29F2N5O5/c1-15-10-22(30-31(15)14-16(2)33)29-25(35)21(11-17-6-8-36-9-7-17)32-23(34)12-18(13-28-32)37-24-19(26)4-3-5-20(24)27/h3-5,10,12-13,16-17,21,33H,6-9,11,14H2,1-2H3,(H,29,30,35). The molecule has 3 aromatic rings. The molecule has 0 spiro atoms. The van der Waals surface area contributed by atoms with Gasteiger partial charge in [-0.1, -0.05) is 6.07 Å². The summed E-state index contributed by atoms with van der Waals surface area (Å²) < 4.78 is 41.2. The third kappa shape index (κ3) is 6.57. The quantitative estimate of drug-likeness (QED) is 0.447. The first-order valence-corrected chi connectivity index (χ1v) is 12.0. The van der Waals surface area contributed by atoms with Crippen molar-refractivity contribution >= 4 is 11.7 Å². The Morgan fingerprint density at radius 1 is 1.27 bits per heavy atom. The summed E-state index contributed by atoms with van der Waals surface area (Å²) in [5, 5.41) is 20.8. The minimum atomic E-state index is -0.975. The Labute approximate surface area is 211 Å². The van der Waals surface area contributed by atoms with E-state index in [-0.39, 0.29) is 24.0 Å². The molecule has 12 heteroatoms. The molecule has 4 rings (SSSR count). The molecular weight excluding hydrogens is 488 g/mol. The summed E-state index contributed by atoms with van der Waals surface area (Å²) in [6.07, 6.45) is 2.31. The molecule has 1 aromatic carbocycles. The lowest BCUT2D eigenvalue weighted by atomic mass is 9.92. The maximum Gasteiger partial charge on any atom is 0.271 e. The largest absolute Gasteiger partial charge is 0.449 e. The molecule has 10 nitrogen and oxygen atoms in total. The van der Waals surface area contributed by atoms with Crippen LogP contribution in [-0.4, -0.2) is 49.9 Å². The first kappa shape index (κ1) is 26.4. The SMILES string of the molecule is Cc1cc(NC(=O)C(CC2CCOCC2)n2ncc(Oc3c(F)cccc3F)cc2=O)nn1CC(C)O. The number of benzene rings is 1. The Bertz CT molecular complexity index is 1280. The fraction of sp³-hybridized carbons (Fsp3) is 0.440. The molecule has 37 heavy (non-hydrogen) atoms. The van der Waals surface area contributed by atoms with E-state index in [1.54, 1.807) is 24.6 Å². The van der Waals surface area contributed by atoms with Crippen LogP contribution in [0.25, 0.3) is 0 Å². The Hall–Kier alpha value is -3.64. The first-order valence-electron chi connectivity index (χ1n) is 12.0. The van der Waals surface area contributed by atoms with E-state index in [9.17, 15) is 23.5 Å². The minimum absolute atomic E-state index is 0.121. The van der Waals surface area contributed by atoms with Gasteiger partial charge in [-0.2, -0.15) is 10.2 Å². The van der Waals surface area contributed by atoms with Crippen LogP contribution >= 0.6 is 0 Å². The second-order valence-corrected chi connectivity index (χ2v) is 9.13. The summed E-state index contributed by atoms with van der Waals surface area (Å²) in [4.78, 5) is 26.4. The molecule has 0 aliphatic carbocycles. The Kier molecular flexibility index (Phi) is 8.29. The minimum Gasteiger partial charge on any atom is -0.449 e. The van der Waals surface area contributed by atoms with Crippen LogP contribution in [0.5, 0.6) is 11.5 Å². The van der Waals surface area contributed by atoms with E-state index in [1.165, 1.54) is 6.07 Å². The smallest absolute Gasteiger partial charge is 0.271 e. The summed E-state index contributed by atoms with van der Waals surface area (Å²) in [6.45, 7) is 4.82. The van der Waals surface area contributed by atoms with Gasteiger partial charge >= 0.3 is 0 Å². The van der Waals surface area contributed by atoms with Gasteiger partial charge in [-0.15, -0.1) is 0 Å². The molecule has 1 aliphatic heterocycles. The van der Waals surface area contributed by atoms with Crippen molar-refractivity contribution in [3.8, 4) is 11.5 Å². The van der Waals surface area contributed by atoms with Gasteiger partial charge in [0.1, 0.15) is 6.04 Å². The fourth-order valence-corrected chi connectivity index (χ4v) is 4.22. The molecule has 1 saturated heterocycles. The van der Waals surface area contributed by atoms with Crippen molar-refractivity contribution in [3.05, 3.63) is 64.2 Å². The van der Waals surface area contributed by atoms with Crippen molar-refractivity contribution in [3.63, 3.8) is 0 Å². The Morgan fingerprint density at radius 2 is 1.97 bits per heavy atom. The van der Waals surface area contributed by atoms with Gasteiger partial charge in [-0.05, 0) is 51.2 Å². The van der Waals surface area contributed by atoms with Crippen LogP contribution in [0.1, 0.15) is 37.9 Å². The molecular formula is C25H29F2N5O5. The third-order valence-electron chi connectivity index (χ3n) is 6.10. The average molecular weight is 518 g/mol. The number of rotatable bonds is 9. The van der Waals surface area contributed by atoms with Crippen molar-refractivity contribution in [2.45, 2.75) is 51.8 Å². The molecule has 2 unspecified atom stereocenters. The number of hydrogen-bond acceptors (Lipinski definition) is 7. The topological polar surface area (TPSA) is 120 Å². The number of aromatic nitrogens is 4. The zero-order chi connectivity index (χ0) is 26.5. The van der Waals surface area contributed by atoms with Crippen molar-refractivity contribution in [1.29, 1.82) is 0 Å².